The molecule has 3 unspecified atom stereocenters. The molecule has 1 aliphatic carbocycles. The molecule has 0 aromatic carbocycles. The van der Waals surface area contributed by atoms with Gasteiger partial charge in [0.1, 0.15) is 6.10 Å². The van der Waals surface area contributed by atoms with Gasteiger partial charge >= 0.3 is 0 Å². The smallest absolute Gasteiger partial charge is 0.228 e. The van der Waals surface area contributed by atoms with E-state index in [4.69, 9.17) is 21.1 Å². The van der Waals surface area contributed by atoms with E-state index in [1.165, 1.54) is 7.11 Å². The maximum absolute atomic E-state index is 11.4. The van der Waals surface area contributed by atoms with E-state index in [9.17, 15) is 4.79 Å². The van der Waals surface area contributed by atoms with Crippen LogP contribution in [0.15, 0.2) is 11.8 Å². The Balaban J connectivity index is 2.33. The Bertz CT molecular complexity index is 287. The van der Waals surface area contributed by atoms with Crippen molar-refractivity contribution in [2.24, 2.45) is 5.41 Å². The van der Waals surface area contributed by atoms with Gasteiger partial charge in [0.05, 0.1) is 7.11 Å². The molecule has 0 amide bonds. The third-order valence-corrected chi connectivity index (χ3v) is 3.19. The zero-order valence-corrected chi connectivity index (χ0v) is 8.30. The van der Waals surface area contributed by atoms with Crippen molar-refractivity contribution in [3.63, 3.8) is 0 Å². The molecule has 0 spiro atoms. The summed E-state index contributed by atoms with van der Waals surface area (Å²) >= 11 is 5.82. The number of Topliss-reactive ketones (excluding diaryl/α,β-unsaturated/α-hetero) is 1. The van der Waals surface area contributed by atoms with E-state index in [-0.39, 0.29) is 23.4 Å². The van der Waals surface area contributed by atoms with Crippen molar-refractivity contribution in [3.8, 4) is 0 Å². The molecule has 1 fully saturated rings. The van der Waals surface area contributed by atoms with Gasteiger partial charge in [0.15, 0.2) is 11.9 Å². The molecular weight excluding hydrogens is 192 g/mol. The molecule has 3 nitrogen and oxygen atoms in total. The summed E-state index contributed by atoms with van der Waals surface area (Å²) in [6.45, 7) is 1.97. The molecule has 4 heteroatoms. The van der Waals surface area contributed by atoms with E-state index in [1.807, 2.05) is 6.92 Å². The van der Waals surface area contributed by atoms with Crippen LogP contribution in [0.2, 0.25) is 0 Å². The quantitative estimate of drug-likeness (QED) is 0.498. The molecule has 0 saturated carbocycles. The summed E-state index contributed by atoms with van der Waals surface area (Å²) in [4.78, 5) is 11.4. The Labute approximate surface area is 81.6 Å². The molecule has 2 aliphatic rings. The van der Waals surface area contributed by atoms with Gasteiger partial charge in [0, 0.05) is 11.3 Å². The summed E-state index contributed by atoms with van der Waals surface area (Å²) in [7, 11) is 1.49. The van der Waals surface area contributed by atoms with Crippen molar-refractivity contribution in [1.29, 1.82) is 0 Å². The second-order valence-electron chi connectivity index (χ2n) is 3.69. The molecular formula is C9H11ClO3. The van der Waals surface area contributed by atoms with Gasteiger partial charge in [-0.2, -0.15) is 0 Å². The number of carbonyl (C=O) groups is 1. The van der Waals surface area contributed by atoms with E-state index in [1.54, 1.807) is 6.08 Å². The lowest BCUT2D eigenvalue weighted by Crippen LogP contribution is -2.33. The Morgan fingerprint density at radius 3 is 3.00 bits per heavy atom. The number of epoxide rings is 1. The van der Waals surface area contributed by atoms with Crippen LogP contribution in [-0.2, 0) is 14.3 Å². The van der Waals surface area contributed by atoms with Gasteiger partial charge in [-0.05, 0) is 6.08 Å². The monoisotopic (exact) mass is 202 g/mol. The number of halogens is 1. The first kappa shape index (κ1) is 9.03. The highest BCUT2D eigenvalue weighted by Gasteiger charge is 2.59. The average molecular weight is 203 g/mol. The van der Waals surface area contributed by atoms with Crippen LogP contribution in [0.25, 0.3) is 0 Å². The third-order valence-electron chi connectivity index (χ3n) is 2.61. The number of hydrogen-bond donors (Lipinski definition) is 0. The van der Waals surface area contributed by atoms with Crippen LogP contribution in [0.4, 0.5) is 0 Å². The van der Waals surface area contributed by atoms with Crippen molar-refractivity contribution in [2.45, 2.75) is 19.1 Å². The van der Waals surface area contributed by atoms with Gasteiger partial charge in [-0.25, -0.2) is 0 Å². The fourth-order valence-corrected chi connectivity index (χ4v) is 1.91. The van der Waals surface area contributed by atoms with Gasteiger partial charge in [-0.15, -0.1) is 11.6 Å². The highest BCUT2D eigenvalue weighted by atomic mass is 35.5. The lowest BCUT2D eigenvalue weighted by molar-refractivity contribution is -0.119. The van der Waals surface area contributed by atoms with E-state index in [2.05, 4.69) is 0 Å². The summed E-state index contributed by atoms with van der Waals surface area (Å²) in [5.41, 5.74) is -0.258. The summed E-state index contributed by atoms with van der Waals surface area (Å²) in [6, 6.07) is 0. The van der Waals surface area contributed by atoms with Crippen LogP contribution in [0.3, 0.4) is 0 Å². The molecule has 0 aromatic rings. The topological polar surface area (TPSA) is 38.8 Å². The Kier molecular flexibility index (Phi) is 1.89. The summed E-state index contributed by atoms with van der Waals surface area (Å²) in [5.74, 6) is 0.755. The minimum atomic E-state index is -0.316. The van der Waals surface area contributed by atoms with Crippen LogP contribution in [0.5, 0.6) is 0 Å². The molecule has 1 aliphatic heterocycles. The molecule has 2 rings (SSSR count). The number of alkyl halides is 1. The first-order valence-electron chi connectivity index (χ1n) is 4.15. The van der Waals surface area contributed by atoms with E-state index in [0.29, 0.717) is 11.6 Å². The number of ether oxygens (including phenoxy) is 2. The maximum Gasteiger partial charge on any atom is 0.228 e. The van der Waals surface area contributed by atoms with Crippen molar-refractivity contribution < 1.29 is 14.3 Å². The summed E-state index contributed by atoms with van der Waals surface area (Å²) in [5, 5.41) is 0. The van der Waals surface area contributed by atoms with Crippen LogP contribution in [0.1, 0.15) is 6.92 Å². The molecule has 1 saturated heterocycles. The number of hydrogen-bond acceptors (Lipinski definition) is 3. The normalized spacial score (nSPS) is 42.4. The largest absolute Gasteiger partial charge is 0.493 e. The van der Waals surface area contributed by atoms with Gasteiger partial charge in [0.2, 0.25) is 5.78 Å². The number of fused-ring (bicyclic) bond motifs is 1. The molecule has 0 N–H and O–H groups in total. The molecule has 0 radical (unpaired) electrons. The fraction of sp³-hybridized carbons (Fsp3) is 0.667. The van der Waals surface area contributed by atoms with Crippen LogP contribution in [-0.4, -0.2) is 31.0 Å². The minimum absolute atomic E-state index is 0.0450. The van der Waals surface area contributed by atoms with Crippen molar-refractivity contribution in [2.75, 3.05) is 13.0 Å². The molecule has 0 aromatic heterocycles. The second-order valence-corrected chi connectivity index (χ2v) is 3.96. The molecule has 3 atom stereocenters. The van der Waals surface area contributed by atoms with Crippen LogP contribution in [0, 0.1) is 5.41 Å². The van der Waals surface area contributed by atoms with Gasteiger partial charge in [0.25, 0.3) is 0 Å². The fourth-order valence-electron chi connectivity index (χ4n) is 1.68. The summed E-state index contributed by atoms with van der Waals surface area (Å²) < 4.78 is 10.2. The summed E-state index contributed by atoms with van der Waals surface area (Å²) in [6.07, 6.45) is 1.41. The number of carbonyl (C=O) groups excluding carboxylic acids is 1. The first-order valence-corrected chi connectivity index (χ1v) is 4.68. The van der Waals surface area contributed by atoms with Crippen molar-refractivity contribution >= 4 is 17.4 Å². The standard InChI is InChI=1S/C9H11ClO3/c1-9(4-10)3-5(12-2)6(11)7-8(9)13-7/h3,7-8H,4H2,1-2H3. The van der Waals surface area contributed by atoms with Crippen LogP contribution < -0.4 is 0 Å². The Morgan fingerprint density at radius 2 is 2.46 bits per heavy atom. The minimum Gasteiger partial charge on any atom is -0.493 e. The second kappa shape index (κ2) is 2.72. The van der Waals surface area contributed by atoms with E-state index >= 15 is 0 Å². The predicted octanol–water partition coefficient (Wildman–Crippen LogP) is 1.11. The molecule has 72 valence electrons. The van der Waals surface area contributed by atoms with Gasteiger partial charge in [-0.3, -0.25) is 4.79 Å². The van der Waals surface area contributed by atoms with Crippen molar-refractivity contribution in [3.05, 3.63) is 11.8 Å². The zero-order chi connectivity index (χ0) is 9.64. The molecule has 0 bridgehead atoms. The number of methoxy groups -OCH3 is 1. The van der Waals surface area contributed by atoms with E-state index < -0.39 is 0 Å². The number of ketones is 1. The number of rotatable bonds is 2. The Morgan fingerprint density at radius 1 is 1.77 bits per heavy atom. The Hall–Kier alpha value is -0.540. The predicted molar refractivity (Wildman–Crippen MR) is 47.6 cm³/mol. The first-order chi connectivity index (χ1) is 6.12. The average Bonchev–Trinajstić information content (AvgIpc) is 2.91. The van der Waals surface area contributed by atoms with E-state index in [0.717, 1.165) is 0 Å². The zero-order valence-electron chi connectivity index (χ0n) is 7.54. The molecule has 13 heavy (non-hydrogen) atoms. The highest BCUT2D eigenvalue weighted by molar-refractivity contribution is 6.18. The van der Waals surface area contributed by atoms with Gasteiger partial charge in [-0.1, -0.05) is 6.92 Å². The third kappa shape index (κ3) is 1.18. The molecule has 1 heterocycles. The van der Waals surface area contributed by atoms with Crippen LogP contribution >= 0.6 is 11.6 Å². The lowest BCUT2D eigenvalue weighted by Gasteiger charge is -2.24. The van der Waals surface area contributed by atoms with Gasteiger partial charge < -0.3 is 9.47 Å². The SMILES string of the molecule is COC1=CC(C)(CCl)C2OC2C1=O. The maximum atomic E-state index is 11.4. The lowest BCUT2D eigenvalue weighted by atomic mass is 9.81. The van der Waals surface area contributed by atoms with Crippen molar-refractivity contribution in [1.82, 2.24) is 0 Å². The highest BCUT2D eigenvalue weighted by Crippen LogP contribution is 2.46.